The lowest BCUT2D eigenvalue weighted by atomic mass is 9.97. The Morgan fingerprint density at radius 1 is 0.518 bits per heavy atom. The minimum Gasteiger partial charge on any atom is -0.477 e. The van der Waals surface area contributed by atoms with E-state index < -0.39 is 24.4 Å². The summed E-state index contributed by atoms with van der Waals surface area (Å²) in [5.74, 6) is 0.397. The second-order valence-electron chi connectivity index (χ2n) is 15.0. The van der Waals surface area contributed by atoms with Crippen molar-refractivity contribution in [2.75, 3.05) is 18.1 Å². The molecule has 0 spiro atoms. The van der Waals surface area contributed by atoms with Crippen LogP contribution in [0.4, 0.5) is 17.1 Å². The summed E-state index contributed by atoms with van der Waals surface area (Å²) in [6.45, 7) is 15.0. The molecule has 2 atom stereocenters. The van der Waals surface area contributed by atoms with Gasteiger partial charge in [0.15, 0.2) is 11.2 Å². The van der Waals surface area contributed by atoms with E-state index in [2.05, 4.69) is 97.8 Å². The number of Topliss-reactive ketones (excluding diaryl/α,β-unsaturated/α-hetero) is 2. The number of ketones is 2. The van der Waals surface area contributed by atoms with Crippen molar-refractivity contribution in [1.82, 2.24) is 0 Å². The van der Waals surface area contributed by atoms with Gasteiger partial charge in [-0.3, -0.25) is 9.59 Å². The van der Waals surface area contributed by atoms with Crippen LogP contribution in [-0.2, 0) is 35.3 Å². The van der Waals surface area contributed by atoms with Crippen LogP contribution < -0.4 is 14.4 Å². The number of hydrogen-bond donors (Lipinski definition) is 2. The predicted molar refractivity (Wildman–Crippen MR) is 225 cm³/mol. The van der Waals surface area contributed by atoms with Crippen molar-refractivity contribution in [2.45, 2.75) is 71.5 Å². The lowest BCUT2D eigenvalue weighted by Gasteiger charge is -2.27. The second-order valence-corrected chi connectivity index (χ2v) is 15.0. The molecule has 7 nitrogen and oxygen atoms in total. The standard InChI is InChI=1S/C49H53NO6/c1-34(2)46(53)48(6,32-51)55-44-28-18-39(19-29-44)12-10-37-14-24-42(25-15-37)50(41-22-8-36(5)9-23-41)43-26-16-38(17-27-43)11-13-40-20-30-45(31-21-40)56-49(7,33-52)47(54)35(3)4/h8-9,14-31,51-52H,1,3,10-13,32-33H2,2,4-7H3. The van der Waals surface area contributed by atoms with Gasteiger partial charge < -0.3 is 24.6 Å². The summed E-state index contributed by atoms with van der Waals surface area (Å²) in [6.07, 6.45) is 3.38. The van der Waals surface area contributed by atoms with Gasteiger partial charge in [0.1, 0.15) is 11.5 Å². The fourth-order valence-electron chi connectivity index (χ4n) is 6.51. The Morgan fingerprint density at radius 2 is 0.786 bits per heavy atom. The average Bonchev–Trinajstić information content (AvgIpc) is 3.21. The van der Waals surface area contributed by atoms with Gasteiger partial charge in [-0.25, -0.2) is 0 Å². The molecule has 290 valence electrons. The molecule has 0 bridgehead atoms. The minimum atomic E-state index is -1.36. The van der Waals surface area contributed by atoms with Crippen molar-refractivity contribution >= 4 is 28.6 Å². The van der Waals surface area contributed by atoms with Crippen molar-refractivity contribution < 1.29 is 29.3 Å². The van der Waals surface area contributed by atoms with E-state index in [0.29, 0.717) is 22.6 Å². The number of hydrogen-bond acceptors (Lipinski definition) is 7. The first-order valence-corrected chi connectivity index (χ1v) is 19.0. The van der Waals surface area contributed by atoms with E-state index >= 15 is 0 Å². The molecule has 0 heterocycles. The van der Waals surface area contributed by atoms with Gasteiger partial charge in [0, 0.05) is 17.1 Å². The Labute approximate surface area is 331 Å². The van der Waals surface area contributed by atoms with Crippen LogP contribution in [-0.4, -0.2) is 46.2 Å². The molecule has 0 aromatic heterocycles. The number of carbonyl (C=O) groups excluding carboxylic acids is 2. The molecule has 0 amide bonds. The van der Waals surface area contributed by atoms with Gasteiger partial charge in [-0.2, -0.15) is 0 Å². The first-order chi connectivity index (χ1) is 26.7. The Kier molecular flexibility index (Phi) is 13.5. The van der Waals surface area contributed by atoms with Gasteiger partial charge in [-0.1, -0.05) is 79.4 Å². The number of aliphatic hydroxyl groups is 2. The van der Waals surface area contributed by atoms with Gasteiger partial charge in [0.2, 0.25) is 11.6 Å². The molecule has 7 heteroatoms. The maximum absolute atomic E-state index is 12.5. The number of aryl methyl sites for hydroxylation is 5. The highest BCUT2D eigenvalue weighted by molar-refractivity contribution is 6.01. The molecule has 56 heavy (non-hydrogen) atoms. The quantitative estimate of drug-likeness (QED) is 0.0812. The predicted octanol–water partition coefficient (Wildman–Crippen LogP) is 9.59. The van der Waals surface area contributed by atoms with Gasteiger partial charge in [-0.05, 0) is 154 Å². The summed E-state index contributed by atoms with van der Waals surface area (Å²) in [4.78, 5) is 27.3. The fraction of sp³-hybridized carbons (Fsp3) is 0.265. The van der Waals surface area contributed by atoms with Crippen molar-refractivity contribution in [3.8, 4) is 11.5 Å². The molecule has 0 fully saturated rings. The summed E-state index contributed by atoms with van der Waals surface area (Å²) < 4.78 is 11.8. The van der Waals surface area contributed by atoms with Crippen LogP contribution in [0, 0.1) is 6.92 Å². The Hall–Kier alpha value is -5.76. The van der Waals surface area contributed by atoms with Crippen molar-refractivity contribution in [3.05, 3.63) is 173 Å². The van der Waals surface area contributed by atoms with Gasteiger partial charge >= 0.3 is 0 Å². The van der Waals surface area contributed by atoms with E-state index in [9.17, 15) is 19.8 Å². The average molecular weight is 752 g/mol. The van der Waals surface area contributed by atoms with Crippen LogP contribution in [0.3, 0.4) is 0 Å². The van der Waals surface area contributed by atoms with E-state index in [4.69, 9.17) is 9.47 Å². The molecule has 0 aliphatic rings. The smallest absolute Gasteiger partial charge is 0.203 e. The zero-order chi connectivity index (χ0) is 40.5. The molecule has 2 unspecified atom stereocenters. The number of nitrogens with zero attached hydrogens (tertiary/aromatic N) is 1. The molecular formula is C49H53NO6. The van der Waals surface area contributed by atoms with E-state index in [1.54, 1.807) is 27.7 Å². The minimum absolute atomic E-state index is 0.322. The number of ether oxygens (including phenoxy) is 2. The summed E-state index contributed by atoms with van der Waals surface area (Å²) in [6, 6.07) is 41.2. The number of carbonyl (C=O) groups is 2. The number of rotatable bonds is 19. The Morgan fingerprint density at radius 3 is 1.05 bits per heavy atom. The van der Waals surface area contributed by atoms with Crippen LogP contribution in [0.15, 0.2) is 146 Å². The lowest BCUT2D eigenvalue weighted by molar-refractivity contribution is -0.132. The largest absolute Gasteiger partial charge is 0.477 e. The van der Waals surface area contributed by atoms with Crippen molar-refractivity contribution in [1.29, 1.82) is 0 Å². The van der Waals surface area contributed by atoms with E-state index in [1.165, 1.54) is 16.7 Å². The van der Waals surface area contributed by atoms with Crippen LogP contribution in [0.5, 0.6) is 11.5 Å². The topological polar surface area (TPSA) is 96.3 Å². The van der Waals surface area contributed by atoms with Crippen LogP contribution in [0.2, 0.25) is 0 Å². The molecule has 0 saturated heterocycles. The van der Waals surface area contributed by atoms with Crippen molar-refractivity contribution in [3.63, 3.8) is 0 Å². The zero-order valence-electron chi connectivity index (χ0n) is 33.2. The second kappa shape index (κ2) is 18.2. The third-order valence-electron chi connectivity index (χ3n) is 9.96. The molecule has 2 N–H and O–H groups in total. The Bertz CT molecular complexity index is 1990. The molecule has 0 aliphatic carbocycles. The third-order valence-corrected chi connectivity index (χ3v) is 9.96. The summed E-state index contributed by atoms with van der Waals surface area (Å²) in [5.41, 5.74) is 7.07. The molecule has 5 aromatic rings. The normalized spacial score (nSPS) is 13.2. The zero-order valence-corrected chi connectivity index (χ0v) is 33.2. The molecule has 5 aromatic carbocycles. The molecule has 0 radical (unpaired) electrons. The summed E-state index contributed by atoms with van der Waals surface area (Å²) >= 11 is 0. The SMILES string of the molecule is C=C(C)C(=O)C(C)(CO)Oc1ccc(CCc2ccc(N(c3ccc(C)cc3)c3ccc(CCc4ccc(OC(C)(CO)C(=O)C(=C)C)cc4)cc3)cc2)cc1. The highest BCUT2D eigenvalue weighted by atomic mass is 16.5. The van der Waals surface area contributed by atoms with Gasteiger partial charge in [0.05, 0.1) is 13.2 Å². The highest BCUT2D eigenvalue weighted by Crippen LogP contribution is 2.35. The first-order valence-electron chi connectivity index (χ1n) is 19.0. The lowest BCUT2D eigenvalue weighted by Crippen LogP contribution is -2.45. The molecular weight excluding hydrogens is 699 g/mol. The number of benzene rings is 5. The van der Waals surface area contributed by atoms with Crippen LogP contribution in [0.1, 0.15) is 55.5 Å². The highest BCUT2D eigenvalue weighted by Gasteiger charge is 2.36. The maximum atomic E-state index is 12.5. The Balaban J connectivity index is 1.23. The third kappa shape index (κ3) is 10.3. The first kappa shape index (κ1) is 41.4. The van der Waals surface area contributed by atoms with Gasteiger partial charge in [-0.15, -0.1) is 0 Å². The summed E-state index contributed by atoms with van der Waals surface area (Å²) in [5, 5.41) is 19.7. The fourth-order valence-corrected chi connectivity index (χ4v) is 6.51. The molecule has 0 saturated carbocycles. The van der Waals surface area contributed by atoms with Gasteiger partial charge in [0.25, 0.3) is 0 Å². The molecule has 5 rings (SSSR count). The van der Waals surface area contributed by atoms with E-state index in [0.717, 1.165) is 53.9 Å². The summed E-state index contributed by atoms with van der Waals surface area (Å²) in [7, 11) is 0. The molecule has 0 aliphatic heterocycles. The monoisotopic (exact) mass is 751 g/mol. The van der Waals surface area contributed by atoms with Crippen LogP contribution >= 0.6 is 0 Å². The van der Waals surface area contributed by atoms with E-state index in [1.807, 2.05) is 48.5 Å². The number of aliphatic hydroxyl groups excluding tert-OH is 2. The number of anilines is 3. The van der Waals surface area contributed by atoms with Crippen molar-refractivity contribution in [2.24, 2.45) is 0 Å². The van der Waals surface area contributed by atoms with E-state index in [-0.39, 0.29) is 11.6 Å². The maximum Gasteiger partial charge on any atom is 0.203 e. The van der Waals surface area contributed by atoms with Crippen LogP contribution in [0.25, 0.3) is 0 Å².